The molecule has 1 saturated carbocycles. The standard InChI is InChI=1S/C14H14F3N3O/c15-9-5-4-8(10(16)11(9)17)12-19-13(20-21-12)14(18)6-2-1-3-7-14/h4-5H,1-3,6-7,18H2. The molecule has 1 aromatic heterocycles. The molecule has 0 amide bonds. The van der Waals surface area contributed by atoms with Crippen molar-refractivity contribution in [1.82, 2.24) is 10.1 Å². The molecule has 1 aromatic carbocycles. The van der Waals surface area contributed by atoms with Gasteiger partial charge >= 0.3 is 0 Å². The molecule has 3 rings (SSSR count). The first-order valence-electron chi connectivity index (χ1n) is 6.78. The maximum absolute atomic E-state index is 13.7. The molecular weight excluding hydrogens is 283 g/mol. The number of aromatic nitrogens is 2. The van der Waals surface area contributed by atoms with Gasteiger partial charge in [-0.15, -0.1) is 0 Å². The second kappa shape index (κ2) is 5.14. The van der Waals surface area contributed by atoms with Gasteiger partial charge < -0.3 is 10.3 Å². The Labute approximate surface area is 119 Å². The van der Waals surface area contributed by atoms with E-state index >= 15 is 0 Å². The second-order valence-electron chi connectivity index (χ2n) is 5.36. The third-order valence-corrected chi connectivity index (χ3v) is 3.88. The summed E-state index contributed by atoms with van der Waals surface area (Å²) in [6, 6.07) is 1.88. The van der Waals surface area contributed by atoms with E-state index in [-0.39, 0.29) is 17.3 Å². The van der Waals surface area contributed by atoms with Gasteiger partial charge in [-0.1, -0.05) is 24.4 Å². The Morgan fingerprint density at radius 2 is 1.76 bits per heavy atom. The van der Waals surface area contributed by atoms with Crippen LogP contribution in [0.1, 0.15) is 37.9 Å². The molecule has 0 atom stereocenters. The highest BCUT2D eigenvalue weighted by atomic mass is 19.2. The summed E-state index contributed by atoms with van der Waals surface area (Å²) < 4.78 is 44.9. The number of benzene rings is 1. The highest BCUT2D eigenvalue weighted by molar-refractivity contribution is 5.54. The molecule has 21 heavy (non-hydrogen) atoms. The van der Waals surface area contributed by atoms with E-state index in [4.69, 9.17) is 10.3 Å². The molecule has 0 saturated heterocycles. The average Bonchev–Trinajstić information content (AvgIpc) is 2.96. The number of halogens is 3. The van der Waals surface area contributed by atoms with Crippen LogP contribution in [0.15, 0.2) is 16.7 Å². The Balaban J connectivity index is 1.97. The summed E-state index contributed by atoms with van der Waals surface area (Å²) >= 11 is 0. The van der Waals surface area contributed by atoms with Crippen molar-refractivity contribution < 1.29 is 17.7 Å². The van der Waals surface area contributed by atoms with E-state index in [0.717, 1.165) is 31.4 Å². The Morgan fingerprint density at radius 3 is 2.48 bits per heavy atom. The lowest BCUT2D eigenvalue weighted by Crippen LogP contribution is -2.39. The monoisotopic (exact) mass is 297 g/mol. The molecule has 1 aliphatic rings. The van der Waals surface area contributed by atoms with Crippen molar-refractivity contribution in [2.45, 2.75) is 37.6 Å². The quantitative estimate of drug-likeness (QED) is 0.864. The largest absolute Gasteiger partial charge is 0.334 e. The van der Waals surface area contributed by atoms with Crippen molar-refractivity contribution in [3.63, 3.8) is 0 Å². The van der Waals surface area contributed by atoms with Gasteiger partial charge in [-0.3, -0.25) is 0 Å². The molecule has 0 spiro atoms. The van der Waals surface area contributed by atoms with Gasteiger partial charge in [0.2, 0.25) is 0 Å². The molecule has 2 aromatic rings. The van der Waals surface area contributed by atoms with E-state index < -0.39 is 23.0 Å². The fraction of sp³-hybridized carbons (Fsp3) is 0.429. The predicted octanol–water partition coefficient (Wildman–Crippen LogP) is 3.27. The Kier molecular flexibility index (Phi) is 3.44. The van der Waals surface area contributed by atoms with Crippen LogP contribution in [-0.2, 0) is 5.54 Å². The van der Waals surface area contributed by atoms with E-state index in [1.54, 1.807) is 0 Å². The molecule has 1 aliphatic carbocycles. The molecule has 2 N–H and O–H groups in total. The first-order chi connectivity index (χ1) is 10.0. The van der Waals surface area contributed by atoms with Crippen LogP contribution in [0, 0.1) is 17.5 Å². The first-order valence-corrected chi connectivity index (χ1v) is 6.78. The van der Waals surface area contributed by atoms with Crippen LogP contribution >= 0.6 is 0 Å². The first kappa shape index (κ1) is 14.1. The van der Waals surface area contributed by atoms with Crippen LogP contribution in [0.5, 0.6) is 0 Å². The van der Waals surface area contributed by atoms with E-state index in [9.17, 15) is 13.2 Å². The molecule has 1 heterocycles. The van der Waals surface area contributed by atoms with Gasteiger partial charge in [0.05, 0.1) is 11.1 Å². The second-order valence-corrected chi connectivity index (χ2v) is 5.36. The third-order valence-electron chi connectivity index (χ3n) is 3.88. The number of hydrogen-bond donors (Lipinski definition) is 1. The van der Waals surface area contributed by atoms with Crippen molar-refractivity contribution in [2.75, 3.05) is 0 Å². The van der Waals surface area contributed by atoms with Crippen molar-refractivity contribution in [1.29, 1.82) is 0 Å². The Hall–Kier alpha value is -1.89. The van der Waals surface area contributed by atoms with Crippen LogP contribution in [0.3, 0.4) is 0 Å². The van der Waals surface area contributed by atoms with Gasteiger partial charge in [0, 0.05) is 0 Å². The predicted molar refractivity (Wildman–Crippen MR) is 68.6 cm³/mol. The summed E-state index contributed by atoms with van der Waals surface area (Å²) in [4.78, 5) is 4.08. The van der Waals surface area contributed by atoms with E-state index in [2.05, 4.69) is 10.1 Å². The smallest absolute Gasteiger partial charge is 0.261 e. The van der Waals surface area contributed by atoms with E-state index in [1.807, 2.05) is 0 Å². The van der Waals surface area contributed by atoms with Crippen LogP contribution in [0.25, 0.3) is 11.5 Å². The highest BCUT2D eigenvalue weighted by Crippen LogP contribution is 2.34. The van der Waals surface area contributed by atoms with E-state index in [0.29, 0.717) is 12.8 Å². The zero-order chi connectivity index (χ0) is 15.0. The number of hydrogen-bond acceptors (Lipinski definition) is 4. The fourth-order valence-electron chi connectivity index (χ4n) is 2.63. The van der Waals surface area contributed by atoms with E-state index in [1.165, 1.54) is 0 Å². The lowest BCUT2D eigenvalue weighted by molar-refractivity contribution is 0.275. The van der Waals surface area contributed by atoms with Crippen molar-refractivity contribution in [3.8, 4) is 11.5 Å². The Bertz CT molecular complexity index is 665. The summed E-state index contributed by atoms with van der Waals surface area (Å²) in [6.45, 7) is 0. The maximum atomic E-state index is 13.7. The fourth-order valence-corrected chi connectivity index (χ4v) is 2.63. The minimum atomic E-state index is -1.56. The summed E-state index contributed by atoms with van der Waals surface area (Å²) in [6.07, 6.45) is 4.44. The maximum Gasteiger partial charge on any atom is 0.261 e. The van der Waals surface area contributed by atoms with Gasteiger partial charge in [0.1, 0.15) is 0 Å². The molecule has 0 aliphatic heterocycles. The molecular formula is C14H14F3N3O. The number of nitrogens with two attached hydrogens (primary N) is 1. The normalized spacial score (nSPS) is 17.9. The molecule has 0 unspecified atom stereocenters. The number of nitrogens with zero attached hydrogens (tertiary/aromatic N) is 2. The van der Waals surface area contributed by atoms with Gasteiger partial charge in [0.15, 0.2) is 23.3 Å². The van der Waals surface area contributed by atoms with Gasteiger partial charge in [-0.2, -0.15) is 4.98 Å². The van der Waals surface area contributed by atoms with Crippen LogP contribution < -0.4 is 5.73 Å². The topological polar surface area (TPSA) is 64.9 Å². The lowest BCUT2D eigenvalue weighted by atomic mass is 9.82. The van der Waals surface area contributed by atoms with Gasteiger partial charge in [0.25, 0.3) is 5.89 Å². The van der Waals surface area contributed by atoms with Crippen molar-refractivity contribution in [2.24, 2.45) is 5.73 Å². The summed E-state index contributed by atoms with van der Waals surface area (Å²) in [5, 5.41) is 3.79. The number of rotatable bonds is 2. The van der Waals surface area contributed by atoms with Crippen molar-refractivity contribution in [3.05, 3.63) is 35.4 Å². The SMILES string of the molecule is NC1(c2noc(-c3ccc(F)c(F)c3F)n2)CCCCC1. The third kappa shape index (κ3) is 2.42. The van der Waals surface area contributed by atoms with Gasteiger partial charge in [-0.05, 0) is 25.0 Å². The zero-order valence-corrected chi connectivity index (χ0v) is 11.2. The molecule has 112 valence electrons. The minimum absolute atomic E-state index is 0.197. The molecule has 7 heteroatoms. The summed E-state index contributed by atoms with van der Waals surface area (Å²) in [7, 11) is 0. The minimum Gasteiger partial charge on any atom is -0.334 e. The molecule has 0 bridgehead atoms. The molecule has 4 nitrogen and oxygen atoms in total. The van der Waals surface area contributed by atoms with Crippen molar-refractivity contribution >= 4 is 0 Å². The zero-order valence-electron chi connectivity index (χ0n) is 11.2. The average molecular weight is 297 g/mol. The summed E-state index contributed by atoms with van der Waals surface area (Å²) in [5.41, 5.74) is 5.28. The molecule has 0 radical (unpaired) electrons. The molecule has 1 fully saturated rings. The Morgan fingerprint density at radius 1 is 1.05 bits per heavy atom. The lowest BCUT2D eigenvalue weighted by Gasteiger charge is -2.29. The van der Waals surface area contributed by atoms with Crippen LogP contribution in [0.4, 0.5) is 13.2 Å². The van der Waals surface area contributed by atoms with Crippen LogP contribution in [0.2, 0.25) is 0 Å². The highest BCUT2D eigenvalue weighted by Gasteiger charge is 2.34. The van der Waals surface area contributed by atoms with Gasteiger partial charge in [-0.25, -0.2) is 13.2 Å². The summed E-state index contributed by atoms with van der Waals surface area (Å²) in [5.74, 6) is -4.09. The van der Waals surface area contributed by atoms with Crippen LogP contribution in [-0.4, -0.2) is 10.1 Å².